The van der Waals surface area contributed by atoms with Gasteiger partial charge in [0.05, 0.1) is 23.3 Å². The van der Waals surface area contributed by atoms with Crippen LogP contribution >= 0.6 is 11.8 Å². The average Bonchev–Trinajstić information content (AvgIpc) is 3.42. The van der Waals surface area contributed by atoms with Crippen LogP contribution in [0.15, 0.2) is 82.6 Å². The smallest absolute Gasteiger partial charge is 0.418 e. The molecule has 1 N–H and O–H groups in total. The Morgan fingerprint density at radius 3 is 2.45 bits per heavy atom. The van der Waals surface area contributed by atoms with Crippen LogP contribution in [0.5, 0.6) is 0 Å². The number of hydrogen-bond acceptors (Lipinski definition) is 5. The molecule has 0 bridgehead atoms. The van der Waals surface area contributed by atoms with Crippen molar-refractivity contribution >= 4 is 23.4 Å². The topological polar surface area (TPSA) is 73.0 Å². The third kappa shape index (κ3) is 4.64. The Morgan fingerprint density at radius 1 is 1.00 bits per heavy atom. The molecule has 10 heteroatoms. The van der Waals surface area contributed by atoms with Gasteiger partial charge in [0.1, 0.15) is 0 Å². The van der Waals surface area contributed by atoms with Gasteiger partial charge in [0, 0.05) is 5.69 Å². The summed E-state index contributed by atoms with van der Waals surface area (Å²) in [5.41, 5.74) is -0.438. The van der Waals surface area contributed by atoms with E-state index in [1.54, 1.807) is 16.7 Å². The van der Waals surface area contributed by atoms with Crippen molar-refractivity contribution < 1.29 is 22.4 Å². The summed E-state index contributed by atoms with van der Waals surface area (Å²) in [4.78, 5) is 12.4. The van der Waals surface area contributed by atoms with E-state index >= 15 is 0 Å². The first-order valence-electron chi connectivity index (χ1n) is 9.07. The maximum absolute atomic E-state index is 13.1. The van der Waals surface area contributed by atoms with Crippen molar-refractivity contribution in [2.24, 2.45) is 0 Å². The zero-order valence-electron chi connectivity index (χ0n) is 15.8. The maximum Gasteiger partial charge on any atom is 0.418 e. The molecule has 0 unspecified atom stereocenters. The van der Waals surface area contributed by atoms with Crippen LogP contribution in [0.3, 0.4) is 0 Å². The minimum Gasteiger partial charge on any atom is -0.461 e. The van der Waals surface area contributed by atoms with Gasteiger partial charge in [0.2, 0.25) is 11.7 Å². The molecular formula is C21H15F3N4O2S. The van der Waals surface area contributed by atoms with Crippen molar-refractivity contribution in [2.75, 3.05) is 11.1 Å². The van der Waals surface area contributed by atoms with Crippen molar-refractivity contribution in [1.29, 1.82) is 0 Å². The molecule has 158 valence electrons. The predicted octanol–water partition coefficient (Wildman–Crippen LogP) is 5.28. The molecule has 2 aromatic heterocycles. The second kappa shape index (κ2) is 8.68. The van der Waals surface area contributed by atoms with Crippen LogP contribution in [0.4, 0.5) is 18.9 Å². The van der Waals surface area contributed by atoms with Crippen molar-refractivity contribution in [1.82, 2.24) is 14.8 Å². The standard InChI is InChI=1S/C21H15F3N4O2S/c22-21(23,24)15-9-4-5-10-16(15)25-18(29)13-31-20-27-26-19(17-11-6-12-30-17)28(20)14-7-2-1-3-8-14/h1-12H,13H2,(H,25,29). The van der Waals surface area contributed by atoms with E-state index < -0.39 is 17.6 Å². The predicted molar refractivity (Wildman–Crippen MR) is 110 cm³/mol. The summed E-state index contributed by atoms with van der Waals surface area (Å²) in [6, 6.07) is 17.5. The van der Waals surface area contributed by atoms with Crippen molar-refractivity contribution in [3.05, 3.63) is 78.6 Å². The number of hydrogen-bond donors (Lipinski definition) is 1. The number of anilines is 1. The molecule has 4 aromatic rings. The van der Waals surface area contributed by atoms with E-state index in [1.807, 2.05) is 30.3 Å². The molecule has 4 rings (SSSR count). The van der Waals surface area contributed by atoms with E-state index in [2.05, 4.69) is 15.5 Å². The second-order valence-electron chi connectivity index (χ2n) is 6.33. The van der Waals surface area contributed by atoms with E-state index in [4.69, 9.17) is 4.42 Å². The molecule has 2 heterocycles. The molecule has 0 aliphatic carbocycles. The van der Waals surface area contributed by atoms with Crippen LogP contribution in [0.25, 0.3) is 17.3 Å². The monoisotopic (exact) mass is 444 g/mol. The Labute approximate surface area is 179 Å². The first-order valence-corrected chi connectivity index (χ1v) is 10.1. The number of amides is 1. The highest BCUT2D eigenvalue weighted by Gasteiger charge is 2.33. The van der Waals surface area contributed by atoms with Gasteiger partial charge in [-0.1, -0.05) is 42.1 Å². The molecule has 0 aliphatic rings. The van der Waals surface area contributed by atoms with E-state index in [0.29, 0.717) is 16.7 Å². The molecule has 0 fully saturated rings. The molecule has 0 aliphatic heterocycles. The van der Waals surface area contributed by atoms with Gasteiger partial charge in [0.25, 0.3) is 0 Å². The summed E-state index contributed by atoms with van der Waals surface area (Å²) in [7, 11) is 0. The van der Waals surface area contributed by atoms with Gasteiger partial charge in [0.15, 0.2) is 10.9 Å². The number of furan rings is 1. The molecule has 0 spiro atoms. The van der Waals surface area contributed by atoms with Crippen LogP contribution in [0, 0.1) is 0 Å². The summed E-state index contributed by atoms with van der Waals surface area (Å²) in [5.74, 6) is 0.187. The SMILES string of the molecule is O=C(CSc1nnc(-c2ccco2)n1-c1ccccc1)Nc1ccccc1C(F)(F)F. The first kappa shape index (κ1) is 20.7. The Morgan fingerprint density at radius 2 is 1.74 bits per heavy atom. The molecule has 0 saturated heterocycles. The summed E-state index contributed by atoms with van der Waals surface area (Å²) in [5, 5.41) is 11.0. The van der Waals surface area contributed by atoms with Crippen molar-refractivity contribution in [3.8, 4) is 17.3 Å². The molecular weight excluding hydrogens is 429 g/mol. The van der Waals surface area contributed by atoms with Crippen LogP contribution in [-0.4, -0.2) is 26.4 Å². The number of para-hydroxylation sites is 2. The maximum atomic E-state index is 13.1. The van der Waals surface area contributed by atoms with Gasteiger partial charge in [-0.05, 0) is 36.4 Å². The van der Waals surface area contributed by atoms with Crippen LogP contribution < -0.4 is 5.32 Å². The molecule has 1 amide bonds. The molecule has 0 saturated carbocycles. The lowest BCUT2D eigenvalue weighted by molar-refractivity contribution is -0.137. The Hall–Kier alpha value is -3.53. The normalized spacial score (nSPS) is 11.5. The van der Waals surface area contributed by atoms with Gasteiger partial charge in [-0.15, -0.1) is 10.2 Å². The number of carbonyl (C=O) groups excluding carboxylic acids is 1. The summed E-state index contributed by atoms with van der Waals surface area (Å²) >= 11 is 1.06. The second-order valence-corrected chi connectivity index (χ2v) is 7.28. The quantitative estimate of drug-likeness (QED) is 0.410. The van der Waals surface area contributed by atoms with Crippen molar-refractivity contribution in [3.63, 3.8) is 0 Å². The zero-order valence-corrected chi connectivity index (χ0v) is 16.7. The fourth-order valence-electron chi connectivity index (χ4n) is 2.89. The number of thioether (sulfide) groups is 1. The summed E-state index contributed by atoms with van der Waals surface area (Å²) in [6.07, 6.45) is -3.06. The summed E-state index contributed by atoms with van der Waals surface area (Å²) < 4.78 is 46.6. The lowest BCUT2D eigenvalue weighted by Crippen LogP contribution is -2.18. The lowest BCUT2D eigenvalue weighted by Gasteiger charge is -2.13. The highest BCUT2D eigenvalue weighted by atomic mass is 32.2. The Bertz CT molecular complexity index is 1180. The number of alkyl halides is 3. The Kier molecular flexibility index (Phi) is 5.81. The number of nitrogens with zero attached hydrogens (tertiary/aromatic N) is 3. The minimum absolute atomic E-state index is 0.157. The Balaban J connectivity index is 1.55. The summed E-state index contributed by atoms with van der Waals surface area (Å²) in [6.45, 7) is 0. The lowest BCUT2D eigenvalue weighted by atomic mass is 10.1. The molecule has 31 heavy (non-hydrogen) atoms. The van der Waals surface area contributed by atoms with E-state index in [0.717, 1.165) is 23.5 Å². The van der Waals surface area contributed by atoms with Crippen LogP contribution in [0.2, 0.25) is 0 Å². The number of aromatic nitrogens is 3. The van der Waals surface area contributed by atoms with E-state index in [1.165, 1.54) is 24.5 Å². The molecule has 2 aromatic carbocycles. The highest BCUT2D eigenvalue weighted by molar-refractivity contribution is 7.99. The molecule has 0 atom stereocenters. The largest absolute Gasteiger partial charge is 0.461 e. The van der Waals surface area contributed by atoms with Gasteiger partial charge >= 0.3 is 6.18 Å². The third-order valence-corrected chi connectivity index (χ3v) is 5.16. The number of benzene rings is 2. The highest BCUT2D eigenvalue weighted by Crippen LogP contribution is 2.35. The number of halogens is 3. The van der Waals surface area contributed by atoms with Gasteiger partial charge in [-0.25, -0.2) is 0 Å². The fourth-order valence-corrected chi connectivity index (χ4v) is 3.65. The molecule has 6 nitrogen and oxygen atoms in total. The fraction of sp³-hybridized carbons (Fsp3) is 0.0952. The van der Waals surface area contributed by atoms with E-state index in [-0.39, 0.29) is 11.4 Å². The number of carbonyl (C=O) groups is 1. The van der Waals surface area contributed by atoms with Crippen molar-refractivity contribution in [2.45, 2.75) is 11.3 Å². The molecule has 0 radical (unpaired) electrons. The van der Waals surface area contributed by atoms with E-state index in [9.17, 15) is 18.0 Å². The van der Waals surface area contributed by atoms with Gasteiger partial charge < -0.3 is 9.73 Å². The number of rotatable bonds is 6. The zero-order chi connectivity index (χ0) is 21.8. The number of nitrogens with one attached hydrogen (secondary N) is 1. The third-order valence-electron chi connectivity index (χ3n) is 4.23. The minimum atomic E-state index is -4.57. The van der Waals surface area contributed by atoms with Gasteiger partial charge in [-0.3, -0.25) is 9.36 Å². The average molecular weight is 444 g/mol. The van der Waals surface area contributed by atoms with Gasteiger partial charge in [-0.2, -0.15) is 13.2 Å². The first-order chi connectivity index (χ1) is 14.9. The van der Waals surface area contributed by atoms with Crippen LogP contribution in [0.1, 0.15) is 5.56 Å². The van der Waals surface area contributed by atoms with Crippen LogP contribution in [-0.2, 0) is 11.0 Å².